The maximum atomic E-state index is 11.2. The zero-order valence-corrected chi connectivity index (χ0v) is 14.8. The van der Waals surface area contributed by atoms with Crippen LogP contribution in [0, 0.1) is 17.3 Å². The van der Waals surface area contributed by atoms with Crippen molar-refractivity contribution in [3.8, 4) is 0 Å². The fourth-order valence-electron chi connectivity index (χ4n) is 5.27. The summed E-state index contributed by atoms with van der Waals surface area (Å²) in [5, 5.41) is 19.7. The van der Waals surface area contributed by atoms with Crippen LogP contribution in [0.3, 0.4) is 0 Å². The largest absolute Gasteiger partial charge is 0.508 e. The molecule has 1 atom stereocenters. The van der Waals surface area contributed by atoms with E-state index in [1.807, 2.05) is 6.08 Å². The monoisotopic (exact) mass is 332 g/mol. The van der Waals surface area contributed by atoms with Crippen LogP contribution < -0.4 is 0 Å². The van der Waals surface area contributed by atoms with E-state index in [0.717, 1.165) is 12.0 Å². The highest BCUT2D eigenvalue weighted by molar-refractivity contribution is 5.66. The first-order valence-corrected chi connectivity index (χ1v) is 9.95. The Hall–Kier alpha value is -1.25. The summed E-state index contributed by atoms with van der Waals surface area (Å²) in [5.74, 6) is 0.830. The molecule has 0 amide bonds. The molecule has 0 aliphatic heterocycles. The van der Waals surface area contributed by atoms with E-state index in [9.17, 15) is 15.0 Å². The molecule has 0 bridgehead atoms. The van der Waals surface area contributed by atoms with Gasteiger partial charge in [0.1, 0.15) is 5.76 Å². The number of aliphatic carboxylic acids is 1. The van der Waals surface area contributed by atoms with E-state index < -0.39 is 5.97 Å². The third kappa shape index (κ3) is 3.87. The molecule has 1 unspecified atom stereocenters. The molecule has 3 aliphatic rings. The van der Waals surface area contributed by atoms with Crippen molar-refractivity contribution < 1.29 is 15.0 Å². The van der Waals surface area contributed by atoms with Crippen LogP contribution >= 0.6 is 0 Å². The minimum absolute atomic E-state index is 0.0438. The van der Waals surface area contributed by atoms with Crippen molar-refractivity contribution in [1.29, 1.82) is 0 Å². The smallest absolute Gasteiger partial charge is 0.303 e. The number of carbonyl (C=O) groups is 1. The maximum absolute atomic E-state index is 11.2. The molecule has 134 valence electrons. The van der Waals surface area contributed by atoms with Crippen LogP contribution in [0.1, 0.15) is 83.5 Å². The highest BCUT2D eigenvalue weighted by Crippen LogP contribution is 2.50. The quantitative estimate of drug-likeness (QED) is 0.672. The van der Waals surface area contributed by atoms with Crippen molar-refractivity contribution >= 4 is 5.97 Å². The standard InChI is InChI=1S/C21H32O3/c22-19-11-13-21(14-12-20(23)24,17-9-5-2-6-10-17)15-18(19)16-7-3-1-4-8-16/h11,15-17,22H,1-10,12-14H2,(H,23,24). The van der Waals surface area contributed by atoms with Crippen molar-refractivity contribution in [2.24, 2.45) is 17.3 Å². The average Bonchev–Trinajstić information content (AvgIpc) is 2.63. The van der Waals surface area contributed by atoms with Crippen LogP contribution in [-0.4, -0.2) is 16.2 Å². The van der Waals surface area contributed by atoms with E-state index in [1.165, 1.54) is 64.2 Å². The molecular formula is C21H32O3. The Bertz CT molecular complexity index is 507. The molecule has 0 aromatic rings. The SMILES string of the molecule is O=C(O)CCC1(C2CCCCC2)C=C(C2CCCCC2)C(O)=CC1. The molecule has 0 heterocycles. The van der Waals surface area contributed by atoms with E-state index in [4.69, 9.17) is 0 Å². The fraction of sp³-hybridized carbons (Fsp3) is 0.762. The lowest BCUT2D eigenvalue weighted by atomic mass is 9.61. The number of rotatable bonds is 5. The van der Waals surface area contributed by atoms with E-state index in [2.05, 4.69) is 6.08 Å². The second kappa shape index (κ2) is 7.76. The average molecular weight is 332 g/mol. The molecule has 0 aromatic carbocycles. The first-order chi connectivity index (χ1) is 11.6. The molecule has 0 saturated heterocycles. The summed E-state index contributed by atoms with van der Waals surface area (Å²) >= 11 is 0. The van der Waals surface area contributed by atoms with Crippen LogP contribution in [0.4, 0.5) is 0 Å². The van der Waals surface area contributed by atoms with Crippen molar-refractivity contribution in [3.05, 3.63) is 23.5 Å². The second-order valence-electron chi connectivity index (χ2n) is 8.19. The third-order valence-corrected chi connectivity index (χ3v) is 6.68. The van der Waals surface area contributed by atoms with Gasteiger partial charge in [-0.05, 0) is 67.4 Å². The summed E-state index contributed by atoms with van der Waals surface area (Å²) in [4.78, 5) is 11.2. The topological polar surface area (TPSA) is 57.5 Å². The molecule has 3 rings (SSSR count). The number of allylic oxidation sites excluding steroid dienone is 3. The first kappa shape index (κ1) is 17.6. The first-order valence-electron chi connectivity index (χ1n) is 9.95. The highest BCUT2D eigenvalue weighted by atomic mass is 16.4. The molecule has 2 N–H and O–H groups in total. The number of carboxylic acid groups (broad SMARTS) is 1. The van der Waals surface area contributed by atoms with Crippen LogP contribution in [-0.2, 0) is 4.79 Å². The van der Waals surface area contributed by atoms with Crippen LogP contribution in [0.5, 0.6) is 0 Å². The number of aliphatic hydroxyl groups is 1. The van der Waals surface area contributed by atoms with Gasteiger partial charge in [0.15, 0.2) is 0 Å². The Labute approximate surface area is 145 Å². The number of carboxylic acids is 1. The Morgan fingerprint density at radius 3 is 2.29 bits per heavy atom. The van der Waals surface area contributed by atoms with Gasteiger partial charge in [0.2, 0.25) is 0 Å². The van der Waals surface area contributed by atoms with Crippen LogP contribution in [0.15, 0.2) is 23.5 Å². The number of hydrogen-bond acceptors (Lipinski definition) is 2. The highest BCUT2D eigenvalue weighted by Gasteiger charge is 2.40. The Morgan fingerprint density at radius 2 is 1.67 bits per heavy atom. The van der Waals surface area contributed by atoms with Crippen LogP contribution in [0.2, 0.25) is 0 Å². The van der Waals surface area contributed by atoms with Gasteiger partial charge in [-0.1, -0.05) is 44.6 Å². The summed E-state index contributed by atoms with van der Waals surface area (Å²) in [6, 6.07) is 0. The summed E-state index contributed by atoms with van der Waals surface area (Å²) in [6.07, 6.45) is 18.5. The van der Waals surface area contributed by atoms with Gasteiger partial charge in [-0.3, -0.25) is 4.79 Å². The Kier molecular flexibility index (Phi) is 5.68. The summed E-state index contributed by atoms with van der Waals surface area (Å²) in [7, 11) is 0. The normalized spacial score (nSPS) is 29.8. The lowest BCUT2D eigenvalue weighted by Gasteiger charge is -2.43. The molecule has 2 saturated carbocycles. The fourth-order valence-corrected chi connectivity index (χ4v) is 5.27. The van der Waals surface area contributed by atoms with E-state index in [0.29, 0.717) is 24.0 Å². The van der Waals surface area contributed by atoms with Gasteiger partial charge in [0.25, 0.3) is 0 Å². The molecule has 24 heavy (non-hydrogen) atoms. The summed E-state index contributed by atoms with van der Waals surface area (Å²) in [5.41, 5.74) is 1.09. The molecule has 3 aliphatic carbocycles. The van der Waals surface area contributed by atoms with Gasteiger partial charge in [0, 0.05) is 6.42 Å². The lowest BCUT2D eigenvalue weighted by molar-refractivity contribution is -0.137. The zero-order chi connectivity index (χ0) is 17.0. The molecule has 3 heteroatoms. The lowest BCUT2D eigenvalue weighted by Crippen LogP contribution is -2.34. The van der Waals surface area contributed by atoms with Gasteiger partial charge < -0.3 is 10.2 Å². The van der Waals surface area contributed by atoms with Gasteiger partial charge in [-0.2, -0.15) is 0 Å². The maximum Gasteiger partial charge on any atom is 0.303 e. The van der Waals surface area contributed by atoms with Crippen molar-refractivity contribution in [2.75, 3.05) is 0 Å². The second-order valence-corrected chi connectivity index (χ2v) is 8.19. The van der Waals surface area contributed by atoms with Crippen molar-refractivity contribution in [2.45, 2.75) is 83.5 Å². The Balaban J connectivity index is 1.87. The van der Waals surface area contributed by atoms with E-state index in [1.54, 1.807) is 0 Å². The van der Waals surface area contributed by atoms with Gasteiger partial charge in [-0.15, -0.1) is 0 Å². The molecule has 0 spiro atoms. The predicted octanol–water partition coefficient (Wildman–Crippen LogP) is 5.77. The van der Waals surface area contributed by atoms with Crippen molar-refractivity contribution in [1.82, 2.24) is 0 Å². The minimum Gasteiger partial charge on any atom is -0.508 e. The molecule has 0 aromatic heterocycles. The van der Waals surface area contributed by atoms with Gasteiger partial charge in [-0.25, -0.2) is 0 Å². The molecular weight excluding hydrogens is 300 g/mol. The number of hydrogen-bond donors (Lipinski definition) is 2. The Morgan fingerprint density at radius 1 is 1.04 bits per heavy atom. The summed E-state index contributed by atoms with van der Waals surface area (Å²) in [6.45, 7) is 0. The van der Waals surface area contributed by atoms with Crippen molar-refractivity contribution in [3.63, 3.8) is 0 Å². The molecule has 2 fully saturated rings. The number of aliphatic hydroxyl groups excluding tert-OH is 1. The zero-order valence-electron chi connectivity index (χ0n) is 14.8. The summed E-state index contributed by atoms with van der Waals surface area (Å²) < 4.78 is 0. The van der Waals surface area contributed by atoms with E-state index >= 15 is 0 Å². The molecule has 0 radical (unpaired) electrons. The van der Waals surface area contributed by atoms with Crippen LogP contribution in [0.25, 0.3) is 0 Å². The van der Waals surface area contributed by atoms with Gasteiger partial charge in [0.05, 0.1) is 0 Å². The molecule has 3 nitrogen and oxygen atoms in total. The third-order valence-electron chi connectivity index (χ3n) is 6.68. The van der Waals surface area contributed by atoms with E-state index in [-0.39, 0.29) is 11.8 Å². The van der Waals surface area contributed by atoms with Gasteiger partial charge >= 0.3 is 5.97 Å². The predicted molar refractivity (Wildman–Crippen MR) is 95.9 cm³/mol. The minimum atomic E-state index is -0.698.